The van der Waals surface area contributed by atoms with Crippen molar-refractivity contribution in [2.75, 3.05) is 0 Å². The number of amides is 2. The molecular weight excluding hydrogens is 226 g/mol. The van der Waals surface area contributed by atoms with Gasteiger partial charge >= 0.3 is 0 Å². The minimum atomic E-state index is -0.426. The molecule has 2 aromatic rings. The number of hydrogen-bond donors (Lipinski definition) is 1. The van der Waals surface area contributed by atoms with Crippen LogP contribution in [0.5, 0.6) is 0 Å². The molecule has 1 aliphatic heterocycles. The van der Waals surface area contributed by atoms with Crippen LogP contribution in [0.15, 0.2) is 36.4 Å². The number of carbonyl (C=O) groups is 2. The summed E-state index contributed by atoms with van der Waals surface area (Å²) in [5.74, 6) is -0.657. The first-order valence-corrected chi connectivity index (χ1v) is 4.65. The third kappa shape index (κ3) is 2.12. The van der Waals surface area contributed by atoms with Crippen LogP contribution in [0.1, 0.15) is 0 Å². The van der Waals surface area contributed by atoms with Gasteiger partial charge in [0, 0.05) is 12.2 Å². The topological polar surface area (TPSA) is 94.2 Å². The molecule has 86 valence electrons. The average Bonchev–Trinajstić information content (AvgIpc) is 2.94. The van der Waals surface area contributed by atoms with Gasteiger partial charge in [0.15, 0.2) is 5.03 Å². The van der Waals surface area contributed by atoms with Crippen molar-refractivity contribution in [3.8, 4) is 0 Å². The second-order valence-electron chi connectivity index (χ2n) is 3.25. The van der Waals surface area contributed by atoms with Crippen molar-refractivity contribution in [1.29, 1.82) is 0 Å². The zero-order valence-electron chi connectivity index (χ0n) is 8.49. The summed E-state index contributed by atoms with van der Waals surface area (Å²) in [5, 5.41) is 11.9. The Kier molecular flexibility index (Phi) is 2.57. The molecule has 7 heteroatoms. The van der Waals surface area contributed by atoms with Gasteiger partial charge in [-0.25, -0.2) is 10.1 Å². The average molecular weight is 233 g/mol. The Balaban J connectivity index is 0.000000136. The SMILES string of the molecule is O=C1C=CC(=O)N1.O=[N+]([O-])n1c2ccc1cc2. The molecule has 2 amide bonds. The summed E-state index contributed by atoms with van der Waals surface area (Å²) in [4.78, 5) is 30.3. The van der Waals surface area contributed by atoms with E-state index in [2.05, 4.69) is 0 Å². The van der Waals surface area contributed by atoms with Crippen molar-refractivity contribution in [2.24, 2.45) is 0 Å². The van der Waals surface area contributed by atoms with Crippen LogP contribution in [0.4, 0.5) is 0 Å². The van der Waals surface area contributed by atoms with Crippen LogP contribution in [0.2, 0.25) is 0 Å². The molecule has 0 fully saturated rings. The number of imide groups is 1. The fourth-order valence-electron chi connectivity index (χ4n) is 1.43. The van der Waals surface area contributed by atoms with Crippen LogP contribution < -0.4 is 5.32 Å². The van der Waals surface area contributed by atoms with E-state index in [-0.39, 0.29) is 11.8 Å². The van der Waals surface area contributed by atoms with Crippen LogP contribution >= 0.6 is 0 Å². The summed E-state index contributed by atoms with van der Waals surface area (Å²) in [6.45, 7) is 0. The number of carbonyl (C=O) groups excluding carboxylic acids is 2. The van der Waals surface area contributed by atoms with Crippen LogP contribution in [0, 0.1) is 10.1 Å². The molecule has 2 aromatic heterocycles. The molecule has 0 saturated carbocycles. The third-order valence-corrected chi connectivity index (χ3v) is 2.13. The van der Waals surface area contributed by atoms with Gasteiger partial charge < -0.3 is 0 Å². The van der Waals surface area contributed by atoms with Crippen molar-refractivity contribution in [1.82, 2.24) is 9.99 Å². The summed E-state index contributed by atoms with van der Waals surface area (Å²) < 4.78 is 1.06. The zero-order chi connectivity index (χ0) is 12.4. The number of hydrogen-bond acceptors (Lipinski definition) is 4. The molecule has 1 aliphatic rings. The lowest BCUT2D eigenvalue weighted by atomic mass is 10.4. The lowest BCUT2D eigenvalue weighted by molar-refractivity contribution is -0.533. The summed E-state index contributed by atoms with van der Waals surface area (Å²) in [6, 6.07) is 6.88. The maximum Gasteiger partial charge on any atom is 0.250 e. The monoisotopic (exact) mass is 233 g/mol. The molecule has 17 heavy (non-hydrogen) atoms. The normalized spacial score (nSPS) is 13.6. The lowest BCUT2D eigenvalue weighted by Crippen LogP contribution is -2.19. The molecule has 0 radical (unpaired) electrons. The van der Waals surface area contributed by atoms with Gasteiger partial charge in [0.05, 0.1) is 0 Å². The van der Waals surface area contributed by atoms with Crippen molar-refractivity contribution >= 4 is 22.8 Å². The fraction of sp³-hybridized carbons (Fsp3) is 0. The van der Waals surface area contributed by atoms with E-state index in [4.69, 9.17) is 0 Å². The Morgan fingerprint density at radius 3 is 1.59 bits per heavy atom. The van der Waals surface area contributed by atoms with E-state index in [9.17, 15) is 19.7 Å². The van der Waals surface area contributed by atoms with Crippen molar-refractivity contribution < 1.29 is 14.6 Å². The van der Waals surface area contributed by atoms with E-state index in [0.717, 1.165) is 4.68 Å². The second kappa shape index (κ2) is 4.05. The highest BCUT2D eigenvalue weighted by molar-refractivity contribution is 6.12. The number of nitro groups is 1. The number of aromatic nitrogens is 1. The van der Waals surface area contributed by atoms with Crippen molar-refractivity contribution in [2.45, 2.75) is 0 Å². The quantitative estimate of drug-likeness (QED) is 0.436. The van der Waals surface area contributed by atoms with E-state index < -0.39 is 5.03 Å². The maximum absolute atomic E-state index is 10.3. The summed E-state index contributed by atoms with van der Waals surface area (Å²) in [5.41, 5.74) is 1.28. The molecular formula is C10H7N3O4. The third-order valence-electron chi connectivity index (χ3n) is 2.13. The zero-order valence-corrected chi connectivity index (χ0v) is 8.49. The summed E-state index contributed by atoms with van der Waals surface area (Å²) in [6.07, 6.45) is 2.39. The molecule has 0 unspecified atom stereocenters. The van der Waals surface area contributed by atoms with E-state index in [1.54, 1.807) is 24.3 Å². The smallest absolute Gasteiger partial charge is 0.250 e. The Labute approximate surface area is 94.8 Å². The first-order chi connectivity index (χ1) is 8.08. The summed E-state index contributed by atoms with van der Waals surface area (Å²) in [7, 11) is 0. The molecule has 0 saturated heterocycles. The van der Waals surface area contributed by atoms with Crippen molar-refractivity contribution in [3.05, 3.63) is 46.5 Å². The van der Waals surface area contributed by atoms with Crippen LogP contribution in [0.3, 0.4) is 0 Å². The molecule has 7 nitrogen and oxygen atoms in total. The Bertz CT molecular complexity index is 549. The number of fused-ring (bicyclic) bond motifs is 2. The highest BCUT2D eigenvalue weighted by Crippen LogP contribution is 2.15. The predicted octanol–water partition coefficient (Wildman–Crippen LogP) is 0.318. The highest BCUT2D eigenvalue weighted by atomic mass is 16.7. The van der Waals surface area contributed by atoms with Gasteiger partial charge in [-0.1, -0.05) is 4.68 Å². The van der Waals surface area contributed by atoms with Gasteiger partial charge in [-0.2, -0.15) is 0 Å². The minimum Gasteiger partial charge on any atom is -0.289 e. The van der Waals surface area contributed by atoms with Gasteiger partial charge in [-0.05, 0) is 24.3 Å². The first-order valence-electron chi connectivity index (χ1n) is 4.65. The standard InChI is InChI=1S/C6H4N2O2.C4H3NO2/c9-8(10)7-5-1-2-6(7)4-3-5;6-3-1-2-4(7)5-3/h1-4H;1-2H,(H,5,6,7). The second-order valence-corrected chi connectivity index (χ2v) is 3.25. The molecule has 3 heterocycles. The Hall–Kier alpha value is -2.70. The first kappa shape index (κ1) is 10.8. The van der Waals surface area contributed by atoms with Gasteiger partial charge in [0.25, 0.3) is 11.8 Å². The van der Waals surface area contributed by atoms with Gasteiger partial charge in [-0.15, -0.1) is 0 Å². The number of nitrogens with one attached hydrogen (secondary N) is 1. The Morgan fingerprint density at radius 1 is 1.00 bits per heavy atom. The van der Waals surface area contributed by atoms with E-state index in [0.29, 0.717) is 11.0 Å². The number of benzene rings is 1. The van der Waals surface area contributed by atoms with Crippen LogP contribution in [-0.4, -0.2) is 21.5 Å². The molecule has 1 N–H and O–H groups in total. The van der Waals surface area contributed by atoms with Gasteiger partial charge in [0.2, 0.25) is 0 Å². The van der Waals surface area contributed by atoms with Gasteiger partial charge in [-0.3, -0.25) is 14.9 Å². The number of rotatable bonds is 1. The van der Waals surface area contributed by atoms with Crippen LogP contribution in [0.25, 0.3) is 11.0 Å². The van der Waals surface area contributed by atoms with E-state index in [1.165, 1.54) is 12.2 Å². The molecule has 0 aliphatic carbocycles. The van der Waals surface area contributed by atoms with Crippen molar-refractivity contribution in [3.63, 3.8) is 0 Å². The lowest BCUT2D eigenvalue weighted by Gasteiger charge is -1.86. The molecule has 0 atom stereocenters. The van der Waals surface area contributed by atoms with Gasteiger partial charge in [0.1, 0.15) is 11.0 Å². The van der Waals surface area contributed by atoms with E-state index >= 15 is 0 Å². The minimum absolute atomic E-state index is 0.329. The van der Waals surface area contributed by atoms with Crippen LogP contribution in [-0.2, 0) is 9.59 Å². The molecule has 0 spiro atoms. The Morgan fingerprint density at radius 2 is 1.41 bits per heavy atom. The predicted molar refractivity (Wildman–Crippen MR) is 57.8 cm³/mol. The maximum atomic E-state index is 10.3. The molecule has 2 bridgehead atoms. The fourth-order valence-corrected chi connectivity index (χ4v) is 1.43. The largest absolute Gasteiger partial charge is 0.289 e. The van der Waals surface area contributed by atoms with E-state index in [1.807, 2.05) is 5.32 Å². The molecule has 0 aromatic carbocycles. The summed E-state index contributed by atoms with van der Waals surface area (Å²) >= 11 is 0. The number of nitrogens with zero attached hydrogens (tertiary/aromatic N) is 2. The molecule has 3 rings (SSSR count). The highest BCUT2D eigenvalue weighted by Gasteiger charge is 2.10.